The van der Waals surface area contributed by atoms with Gasteiger partial charge in [-0.2, -0.15) is 0 Å². The molecular weight excluding hydrogens is 196 g/mol. The van der Waals surface area contributed by atoms with Gasteiger partial charge in [0.1, 0.15) is 0 Å². The van der Waals surface area contributed by atoms with E-state index in [4.69, 9.17) is 0 Å². The fourth-order valence-corrected chi connectivity index (χ4v) is 2.20. The highest BCUT2D eigenvalue weighted by atomic mass is 15.0. The van der Waals surface area contributed by atoms with Crippen LogP contribution in [0.5, 0.6) is 0 Å². The Morgan fingerprint density at radius 1 is 1.31 bits per heavy atom. The molecule has 1 heterocycles. The van der Waals surface area contributed by atoms with Gasteiger partial charge in [0.25, 0.3) is 0 Å². The van der Waals surface area contributed by atoms with Crippen molar-refractivity contribution in [3.63, 3.8) is 0 Å². The maximum absolute atomic E-state index is 3.44. The monoisotopic (exact) mass is 222 g/mol. The molecule has 2 nitrogen and oxygen atoms in total. The molecule has 16 heavy (non-hydrogen) atoms. The predicted molar refractivity (Wildman–Crippen MR) is 70.6 cm³/mol. The zero-order valence-corrected chi connectivity index (χ0v) is 11.2. The lowest BCUT2D eigenvalue weighted by molar-refractivity contribution is 0.446. The van der Waals surface area contributed by atoms with Gasteiger partial charge in [0.2, 0.25) is 0 Å². The van der Waals surface area contributed by atoms with Crippen LogP contribution in [0, 0.1) is 5.92 Å². The third-order valence-corrected chi connectivity index (χ3v) is 3.09. The molecule has 0 fully saturated rings. The smallest absolute Gasteiger partial charge is 0.0306 e. The van der Waals surface area contributed by atoms with E-state index in [9.17, 15) is 0 Å². The van der Waals surface area contributed by atoms with Crippen LogP contribution in [-0.4, -0.2) is 11.1 Å². The summed E-state index contributed by atoms with van der Waals surface area (Å²) in [6.45, 7) is 11.1. The number of aromatic nitrogens is 1. The molecule has 1 rings (SSSR count). The summed E-state index contributed by atoms with van der Waals surface area (Å²) in [6, 6.07) is 2.69. The van der Waals surface area contributed by atoms with Crippen LogP contribution in [0.15, 0.2) is 18.5 Å². The van der Waals surface area contributed by atoms with E-state index < -0.39 is 0 Å². The minimum Gasteiger partial charge on any atom is -0.354 e. The van der Waals surface area contributed by atoms with Gasteiger partial charge in [-0.05, 0) is 37.4 Å². The fourth-order valence-electron chi connectivity index (χ4n) is 2.20. The average Bonchev–Trinajstić information content (AvgIpc) is 2.67. The van der Waals surface area contributed by atoms with E-state index in [1.165, 1.54) is 18.4 Å². The van der Waals surface area contributed by atoms with Crippen LogP contribution in [0.25, 0.3) is 0 Å². The molecule has 1 aromatic rings. The van der Waals surface area contributed by atoms with Crippen LogP contribution < -0.4 is 5.32 Å². The Morgan fingerprint density at radius 2 is 2.06 bits per heavy atom. The maximum atomic E-state index is 3.44. The molecule has 0 spiro atoms. The second-order valence-electron chi connectivity index (χ2n) is 4.81. The normalized spacial score (nSPS) is 15.0. The molecule has 0 saturated heterocycles. The van der Waals surface area contributed by atoms with Crippen molar-refractivity contribution in [3.8, 4) is 0 Å². The van der Waals surface area contributed by atoms with Gasteiger partial charge in [-0.25, -0.2) is 0 Å². The number of rotatable bonds is 7. The lowest BCUT2D eigenvalue weighted by Gasteiger charge is -2.12. The molecule has 0 aliphatic carbocycles. The highest BCUT2D eigenvalue weighted by Gasteiger charge is 2.07. The molecule has 0 aromatic carbocycles. The van der Waals surface area contributed by atoms with Crippen molar-refractivity contribution in [2.24, 2.45) is 5.92 Å². The first-order valence-corrected chi connectivity index (χ1v) is 6.56. The summed E-state index contributed by atoms with van der Waals surface area (Å²) >= 11 is 0. The molecule has 0 amide bonds. The van der Waals surface area contributed by atoms with E-state index in [-0.39, 0.29) is 0 Å². The summed E-state index contributed by atoms with van der Waals surface area (Å²) in [5.74, 6) is 0.777. The standard InChI is InChI=1S/C14H26N2/c1-5-7-12(3)10-16-9-8-14(11-16)13(4)15-6-2/h8-9,11-13,15H,5-7,10H2,1-4H3. The van der Waals surface area contributed by atoms with Crippen LogP contribution >= 0.6 is 0 Å². The van der Waals surface area contributed by atoms with E-state index in [1.807, 2.05) is 0 Å². The fraction of sp³-hybridized carbons (Fsp3) is 0.714. The third-order valence-electron chi connectivity index (χ3n) is 3.09. The summed E-state index contributed by atoms with van der Waals surface area (Å²) in [4.78, 5) is 0. The quantitative estimate of drug-likeness (QED) is 0.746. The Labute approximate surface area is 100 Å². The number of nitrogens with zero attached hydrogens (tertiary/aromatic N) is 1. The van der Waals surface area contributed by atoms with Crippen LogP contribution in [0.1, 0.15) is 52.1 Å². The lowest BCUT2D eigenvalue weighted by atomic mass is 10.1. The van der Waals surface area contributed by atoms with Gasteiger partial charge in [-0.1, -0.05) is 27.2 Å². The maximum Gasteiger partial charge on any atom is 0.0306 e. The highest BCUT2D eigenvalue weighted by molar-refractivity contribution is 5.14. The summed E-state index contributed by atoms with van der Waals surface area (Å²) in [5, 5.41) is 3.44. The minimum atomic E-state index is 0.465. The molecule has 2 heteroatoms. The average molecular weight is 222 g/mol. The van der Waals surface area contributed by atoms with Crippen molar-refractivity contribution in [1.82, 2.24) is 9.88 Å². The van der Waals surface area contributed by atoms with Crippen LogP contribution in [0.2, 0.25) is 0 Å². The molecule has 1 aromatic heterocycles. The molecule has 1 N–H and O–H groups in total. The number of nitrogens with one attached hydrogen (secondary N) is 1. The molecule has 92 valence electrons. The van der Waals surface area contributed by atoms with Crippen LogP contribution in [-0.2, 0) is 6.54 Å². The second kappa shape index (κ2) is 6.74. The number of hydrogen-bond donors (Lipinski definition) is 1. The van der Waals surface area contributed by atoms with Gasteiger partial charge in [-0.15, -0.1) is 0 Å². The summed E-state index contributed by atoms with van der Waals surface area (Å²) < 4.78 is 2.32. The Hall–Kier alpha value is -0.760. The second-order valence-corrected chi connectivity index (χ2v) is 4.81. The first-order valence-electron chi connectivity index (χ1n) is 6.56. The van der Waals surface area contributed by atoms with Gasteiger partial charge < -0.3 is 9.88 Å². The van der Waals surface area contributed by atoms with Crippen LogP contribution in [0.4, 0.5) is 0 Å². The van der Waals surface area contributed by atoms with Crippen molar-refractivity contribution >= 4 is 0 Å². The topological polar surface area (TPSA) is 17.0 Å². The molecule has 0 saturated carbocycles. The van der Waals surface area contributed by atoms with E-state index >= 15 is 0 Å². The van der Waals surface area contributed by atoms with Gasteiger partial charge in [0, 0.05) is 25.0 Å². The molecule has 0 radical (unpaired) electrons. The summed E-state index contributed by atoms with van der Waals surface area (Å²) in [5.41, 5.74) is 1.39. The molecule has 0 aliphatic heterocycles. The lowest BCUT2D eigenvalue weighted by Crippen LogP contribution is -2.17. The largest absolute Gasteiger partial charge is 0.354 e. The minimum absolute atomic E-state index is 0.465. The number of hydrogen-bond acceptors (Lipinski definition) is 1. The van der Waals surface area contributed by atoms with Crippen molar-refractivity contribution in [2.45, 2.75) is 53.1 Å². The Bertz CT molecular complexity index is 291. The third kappa shape index (κ3) is 4.01. The van der Waals surface area contributed by atoms with Crippen LogP contribution in [0.3, 0.4) is 0 Å². The van der Waals surface area contributed by atoms with E-state index in [1.54, 1.807) is 0 Å². The predicted octanol–water partition coefficient (Wildman–Crippen LogP) is 3.59. The van der Waals surface area contributed by atoms with Crippen molar-refractivity contribution in [2.75, 3.05) is 6.54 Å². The highest BCUT2D eigenvalue weighted by Crippen LogP contribution is 2.15. The van der Waals surface area contributed by atoms with Crippen molar-refractivity contribution in [3.05, 3.63) is 24.0 Å². The Morgan fingerprint density at radius 3 is 2.69 bits per heavy atom. The summed E-state index contributed by atoms with van der Waals surface area (Å²) in [7, 11) is 0. The van der Waals surface area contributed by atoms with Gasteiger partial charge >= 0.3 is 0 Å². The molecule has 2 unspecified atom stereocenters. The Kier molecular flexibility index (Phi) is 5.61. The molecular formula is C14H26N2. The zero-order chi connectivity index (χ0) is 12.0. The molecule has 2 atom stereocenters. The van der Waals surface area contributed by atoms with E-state index in [2.05, 4.69) is 56.0 Å². The van der Waals surface area contributed by atoms with E-state index in [0.717, 1.165) is 19.0 Å². The summed E-state index contributed by atoms with van der Waals surface area (Å²) in [6.07, 6.45) is 7.08. The molecule has 0 aliphatic rings. The van der Waals surface area contributed by atoms with Crippen molar-refractivity contribution < 1.29 is 0 Å². The molecule has 0 bridgehead atoms. The first-order chi connectivity index (χ1) is 7.67. The van der Waals surface area contributed by atoms with E-state index in [0.29, 0.717) is 6.04 Å². The Balaban J connectivity index is 2.50. The zero-order valence-electron chi connectivity index (χ0n) is 11.2. The SMILES string of the molecule is CCCC(C)Cn1ccc(C(C)NCC)c1. The van der Waals surface area contributed by atoms with Gasteiger partial charge in [-0.3, -0.25) is 0 Å². The first kappa shape index (κ1) is 13.3. The van der Waals surface area contributed by atoms with Crippen molar-refractivity contribution in [1.29, 1.82) is 0 Å². The van der Waals surface area contributed by atoms with Gasteiger partial charge in [0.15, 0.2) is 0 Å². The van der Waals surface area contributed by atoms with Gasteiger partial charge in [0.05, 0.1) is 0 Å².